The molecular weight excluding hydrogens is 231 g/mol. The van der Waals surface area contributed by atoms with E-state index >= 15 is 0 Å². The predicted molar refractivity (Wildman–Crippen MR) is 72.5 cm³/mol. The molecule has 1 aromatic carbocycles. The number of fused-ring (bicyclic) bond motifs is 1. The third-order valence-corrected chi connectivity index (χ3v) is 5.25. The Labute approximate surface area is 104 Å². The number of rotatable bonds is 3. The molecule has 0 saturated heterocycles. The van der Waals surface area contributed by atoms with Gasteiger partial charge in [-0.25, -0.2) is 0 Å². The summed E-state index contributed by atoms with van der Waals surface area (Å²) in [6, 6.07) is 6.20. The first-order valence-electron chi connectivity index (χ1n) is 6.37. The molecule has 0 fully saturated rings. The minimum Gasteiger partial charge on any atom is -0.323 e. The SMILES string of the molecule is CC(C)O[P@](C)(=O)c1ccc2c(c1)CCCC2. The molecule has 0 unspecified atom stereocenters. The Bertz CT molecular complexity index is 452. The van der Waals surface area contributed by atoms with Crippen LogP contribution >= 0.6 is 7.37 Å². The molecule has 2 rings (SSSR count). The highest BCUT2D eigenvalue weighted by Crippen LogP contribution is 2.43. The molecule has 0 bridgehead atoms. The lowest BCUT2D eigenvalue weighted by atomic mass is 9.92. The van der Waals surface area contributed by atoms with E-state index in [-0.39, 0.29) is 6.10 Å². The molecular formula is C14H21O2P. The Morgan fingerprint density at radius 3 is 2.47 bits per heavy atom. The van der Waals surface area contributed by atoms with Crippen LogP contribution in [0.2, 0.25) is 0 Å². The van der Waals surface area contributed by atoms with Crippen LogP contribution in [0.5, 0.6) is 0 Å². The highest BCUT2D eigenvalue weighted by atomic mass is 31.2. The summed E-state index contributed by atoms with van der Waals surface area (Å²) in [6.45, 7) is 5.57. The summed E-state index contributed by atoms with van der Waals surface area (Å²) >= 11 is 0. The van der Waals surface area contributed by atoms with Crippen LogP contribution < -0.4 is 5.30 Å². The maximum Gasteiger partial charge on any atom is 0.229 e. The predicted octanol–water partition coefficient (Wildman–Crippen LogP) is 3.52. The fraction of sp³-hybridized carbons (Fsp3) is 0.571. The lowest BCUT2D eigenvalue weighted by molar-refractivity contribution is 0.251. The lowest BCUT2D eigenvalue weighted by Gasteiger charge is -2.21. The van der Waals surface area contributed by atoms with Gasteiger partial charge in [0.25, 0.3) is 0 Å². The van der Waals surface area contributed by atoms with E-state index in [0.717, 1.165) is 18.1 Å². The zero-order valence-corrected chi connectivity index (χ0v) is 11.8. The summed E-state index contributed by atoms with van der Waals surface area (Å²) in [5.74, 6) is 0. The van der Waals surface area contributed by atoms with Crippen LogP contribution in [-0.2, 0) is 21.9 Å². The van der Waals surface area contributed by atoms with Crippen LogP contribution in [0, 0.1) is 0 Å². The van der Waals surface area contributed by atoms with Crippen LogP contribution in [0.4, 0.5) is 0 Å². The largest absolute Gasteiger partial charge is 0.323 e. The van der Waals surface area contributed by atoms with Crippen molar-refractivity contribution in [3.63, 3.8) is 0 Å². The van der Waals surface area contributed by atoms with Crippen LogP contribution in [0.15, 0.2) is 18.2 Å². The summed E-state index contributed by atoms with van der Waals surface area (Å²) < 4.78 is 18.1. The molecule has 94 valence electrons. The van der Waals surface area contributed by atoms with E-state index in [4.69, 9.17) is 4.52 Å². The van der Waals surface area contributed by atoms with Crippen molar-refractivity contribution < 1.29 is 9.09 Å². The van der Waals surface area contributed by atoms with Crippen LogP contribution in [0.3, 0.4) is 0 Å². The molecule has 1 aliphatic rings. The van der Waals surface area contributed by atoms with Crippen molar-refractivity contribution in [3.05, 3.63) is 29.3 Å². The van der Waals surface area contributed by atoms with Crippen molar-refractivity contribution >= 4 is 12.7 Å². The number of benzene rings is 1. The van der Waals surface area contributed by atoms with E-state index in [1.54, 1.807) is 6.66 Å². The number of hydrogen-bond donors (Lipinski definition) is 0. The lowest BCUT2D eigenvalue weighted by Crippen LogP contribution is -2.14. The van der Waals surface area contributed by atoms with Gasteiger partial charge in [-0.2, -0.15) is 0 Å². The molecule has 1 aliphatic carbocycles. The first-order valence-corrected chi connectivity index (χ1v) is 8.44. The van der Waals surface area contributed by atoms with Crippen molar-refractivity contribution in [2.45, 2.75) is 45.6 Å². The Hall–Kier alpha value is -0.590. The van der Waals surface area contributed by atoms with E-state index in [9.17, 15) is 4.57 Å². The number of aryl methyl sites for hydroxylation is 2. The summed E-state index contributed by atoms with van der Waals surface area (Å²) in [5, 5.41) is 0.867. The van der Waals surface area contributed by atoms with Crippen LogP contribution in [0.1, 0.15) is 37.8 Å². The minimum absolute atomic E-state index is 0.00173. The molecule has 0 aliphatic heterocycles. The van der Waals surface area contributed by atoms with Crippen molar-refractivity contribution in [1.29, 1.82) is 0 Å². The van der Waals surface area contributed by atoms with Crippen molar-refractivity contribution in [2.75, 3.05) is 6.66 Å². The molecule has 1 atom stereocenters. The molecule has 0 aromatic heterocycles. The second-order valence-electron chi connectivity index (χ2n) is 5.16. The molecule has 0 amide bonds. The topological polar surface area (TPSA) is 26.3 Å². The fourth-order valence-electron chi connectivity index (χ4n) is 2.44. The maximum atomic E-state index is 12.5. The van der Waals surface area contributed by atoms with E-state index in [0.29, 0.717) is 0 Å². The van der Waals surface area contributed by atoms with Gasteiger partial charge in [-0.05, 0) is 62.8 Å². The van der Waals surface area contributed by atoms with Gasteiger partial charge in [0.05, 0.1) is 6.10 Å². The molecule has 0 radical (unpaired) electrons. The first-order chi connectivity index (χ1) is 7.99. The molecule has 0 N–H and O–H groups in total. The van der Waals surface area contributed by atoms with Gasteiger partial charge < -0.3 is 4.52 Å². The standard InChI is InChI=1S/C14H21O2P/c1-11(2)16-17(3,15)14-9-8-12-6-4-5-7-13(12)10-14/h8-11H,4-7H2,1-3H3/t17-/m0/s1. The molecule has 0 heterocycles. The van der Waals surface area contributed by atoms with E-state index in [1.165, 1.54) is 24.0 Å². The summed E-state index contributed by atoms with van der Waals surface area (Å²) in [7, 11) is -2.65. The average Bonchev–Trinajstić information content (AvgIpc) is 2.26. The Morgan fingerprint density at radius 2 is 1.82 bits per heavy atom. The summed E-state index contributed by atoms with van der Waals surface area (Å²) in [4.78, 5) is 0. The molecule has 2 nitrogen and oxygen atoms in total. The molecule has 3 heteroatoms. The zero-order valence-electron chi connectivity index (χ0n) is 10.9. The average molecular weight is 252 g/mol. The van der Waals surface area contributed by atoms with E-state index < -0.39 is 7.37 Å². The fourth-order valence-corrected chi connectivity index (χ4v) is 4.10. The zero-order chi connectivity index (χ0) is 12.5. The van der Waals surface area contributed by atoms with Gasteiger partial charge in [0.2, 0.25) is 7.37 Å². The van der Waals surface area contributed by atoms with Crippen molar-refractivity contribution in [3.8, 4) is 0 Å². The molecule has 0 saturated carbocycles. The van der Waals surface area contributed by atoms with E-state index in [1.807, 2.05) is 19.9 Å². The van der Waals surface area contributed by atoms with Gasteiger partial charge in [0.15, 0.2) is 0 Å². The van der Waals surface area contributed by atoms with Crippen molar-refractivity contribution in [1.82, 2.24) is 0 Å². The normalized spacial score (nSPS) is 18.8. The highest BCUT2D eigenvalue weighted by molar-refractivity contribution is 7.66. The highest BCUT2D eigenvalue weighted by Gasteiger charge is 2.22. The van der Waals surface area contributed by atoms with Crippen LogP contribution in [-0.4, -0.2) is 12.8 Å². The quantitative estimate of drug-likeness (QED) is 0.769. The van der Waals surface area contributed by atoms with Gasteiger partial charge in [-0.1, -0.05) is 6.07 Å². The monoisotopic (exact) mass is 252 g/mol. The smallest absolute Gasteiger partial charge is 0.229 e. The second-order valence-corrected chi connectivity index (χ2v) is 7.58. The first kappa shape index (κ1) is 12.9. The van der Waals surface area contributed by atoms with Gasteiger partial charge in [0, 0.05) is 12.0 Å². The van der Waals surface area contributed by atoms with Gasteiger partial charge in [-0.3, -0.25) is 4.57 Å². The Morgan fingerprint density at radius 1 is 1.18 bits per heavy atom. The number of hydrogen-bond acceptors (Lipinski definition) is 2. The minimum atomic E-state index is -2.65. The Balaban J connectivity index is 2.30. The van der Waals surface area contributed by atoms with Gasteiger partial charge >= 0.3 is 0 Å². The van der Waals surface area contributed by atoms with Gasteiger partial charge in [0.1, 0.15) is 0 Å². The molecule has 17 heavy (non-hydrogen) atoms. The Kier molecular flexibility index (Phi) is 3.75. The van der Waals surface area contributed by atoms with E-state index in [2.05, 4.69) is 12.1 Å². The molecule has 1 aromatic rings. The van der Waals surface area contributed by atoms with Gasteiger partial charge in [-0.15, -0.1) is 0 Å². The summed E-state index contributed by atoms with van der Waals surface area (Å²) in [5.41, 5.74) is 2.78. The molecule has 0 spiro atoms. The second kappa shape index (κ2) is 4.96. The van der Waals surface area contributed by atoms with Crippen LogP contribution in [0.25, 0.3) is 0 Å². The third-order valence-electron chi connectivity index (χ3n) is 3.21. The van der Waals surface area contributed by atoms with Crippen molar-refractivity contribution in [2.24, 2.45) is 0 Å². The summed E-state index contributed by atoms with van der Waals surface area (Å²) in [6.07, 6.45) is 4.80. The maximum absolute atomic E-state index is 12.5. The third kappa shape index (κ3) is 3.00.